The number of nitrogen functional groups attached to an aromatic ring is 1. The van der Waals surface area contributed by atoms with Crippen molar-refractivity contribution in [2.45, 2.75) is 101 Å². The predicted octanol–water partition coefficient (Wildman–Crippen LogP) is 2.12. The van der Waals surface area contributed by atoms with Crippen molar-refractivity contribution in [2.75, 3.05) is 64.6 Å². The van der Waals surface area contributed by atoms with Gasteiger partial charge in [0.15, 0.2) is 42.0 Å². The zero-order valence-electron chi connectivity index (χ0n) is 49.5. The summed E-state index contributed by atoms with van der Waals surface area (Å²) in [6.45, 7) is -5.22. The molecule has 8 rings (SSSR count). The van der Waals surface area contributed by atoms with Gasteiger partial charge in [0, 0.05) is 51.4 Å². The fraction of sp³-hybridized carbons (Fsp3) is 0.490. The summed E-state index contributed by atoms with van der Waals surface area (Å²) in [4.78, 5) is 128. The van der Waals surface area contributed by atoms with E-state index in [4.69, 9.17) is 59.0 Å². The number of primary amides is 1. The van der Waals surface area contributed by atoms with Gasteiger partial charge in [-0.25, -0.2) is 52.8 Å². The van der Waals surface area contributed by atoms with Crippen LogP contribution in [0.1, 0.15) is 56.8 Å². The molecule has 12 atom stereocenters. The van der Waals surface area contributed by atoms with Crippen molar-refractivity contribution in [3.05, 3.63) is 66.7 Å². The number of alkyl halides is 1. The number of amidine groups is 1. The monoisotopic (exact) mass is 1370 g/mol. The number of anilines is 2. The first-order valence-corrected chi connectivity index (χ1v) is 33.3. The number of urea groups is 1. The number of imide groups is 1. The van der Waals surface area contributed by atoms with E-state index in [2.05, 4.69) is 82.4 Å². The van der Waals surface area contributed by atoms with Crippen LogP contribution in [0.25, 0.3) is 11.2 Å². The van der Waals surface area contributed by atoms with Crippen molar-refractivity contribution >= 4 is 127 Å². The smallest absolute Gasteiger partial charge is 0.445 e. The molecular weight excluding hydrogens is 1300 g/mol. The van der Waals surface area contributed by atoms with Crippen LogP contribution in [0, 0.1) is 5.92 Å². The molecule has 8 amide bonds. The number of likely N-dealkylation sites (N-methyl/N-ethyl adjacent to an activating group) is 1. The highest BCUT2D eigenvalue weighted by Crippen LogP contribution is 2.61. The first-order valence-electron chi connectivity index (χ1n) is 27.9. The number of halogens is 1. The van der Waals surface area contributed by atoms with E-state index in [1.54, 1.807) is 26.0 Å². The first kappa shape index (κ1) is 69.8. The third kappa shape index (κ3) is 17.3. The van der Waals surface area contributed by atoms with E-state index in [-0.39, 0.29) is 85.5 Å². The van der Waals surface area contributed by atoms with Gasteiger partial charge in [-0.05, 0) is 43.2 Å². The minimum atomic E-state index is -4.68. The van der Waals surface area contributed by atoms with Crippen molar-refractivity contribution in [1.82, 2.24) is 54.8 Å². The highest BCUT2D eigenvalue weighted by molar-refractivity contribution is 8.44. The molecule has 0 bridgehead atoms. The molecule has 0 aliphatic carbocycles. The minimum absolute atomic E-state index is 0.0229. The molecule has 41 heteroatoms. The number of benzene rings is 1. The number of carbonyl (C=O) groups is 8. The van der Waals surface area contributed by atoms with Crippen LogP contribution in [-0.2, 0) is 81.5 Å². The van der Waals surface area contributed by atoms with Crippen LogP contribution in [0.4, 0.5) is 36.1 Å². The Bertz CT molecular complexity index is 3590. The molecule has 36 nitrogen and oxygen atoms in total. The van der Waals surface area contributed by atoms with Gasteiger partial charge in [0.25, 0.3) is 11.8 Å². The lowest BCUT2D eigenvalue weighted by Crippen LogP contribution is -2.54. The van der Waals surface area contributed by atoms with Crippen molar-refractivity contribution in [2.24, 2.45) is 27.4 Å². The lowest BCUT2D eigenvalue weighted by Gasteiger charge is -2.29. The molecule has 3 aromatic heterocycles. The standard InChI is InChI=1S/C51H66FN17O19P2S2/c1-25(2)35(65-31(70)14-16-67-32(71)12-13-33(67)72)46(74)64-28(7-6-15-58-49(55)75)45(73)63-27-10-8-26(9-11-27)19-81-50(76)66(5)17-18-80-51(77)86-40-39-30(85-48(40)69-24-62-37-42(54)59-22-60-44(37)69)21-83-89(78,91)87-38-29(20-82-90(79,92)88-39)84-47(34(38)52)68-23-61-36(41(53)56-3)43(68)57-4/h8-13,22-25,28-30,34-35,38-40,47-48H,4,6-7,14-21H2,1-3,5H3,(H2,53,56)(H,63,73)(H,64,74)(H,65,70)(H,78,91)(H,79,92)(H2,54,59,60)(H3,55,58,75)/t28-,29+,30+,34+,35-,38+,39+,40+,47+,48?,89+,90+/m0/s1. The summed E-state index contributed by atoms with van der Waals surface area (Å²) < 4.78 is 98.9. The van der Waals surface area contributed by atoms with Gasteiger partial charge in [0.05, 0.1) is 32.4 Å². The van der Waals surface area contributed by atoms with Crippen LogP contribution in [0.3, 0.4) is 0 Å². The van der Waals surface area contributed by atoms with Crippen LogP contribution in [-0.4, -0.2) is 202 Å². The number of aromatic nitrogens is 6. The van der Waals surface area contributed by atoms with Crippen LogP contribution in [0.5, 0.6) is 0 Å². The lowest BCUT2D eigenvalue weighted by molar-refractivity contribution is -0.137. The summed E-state index contributed by atoms with van der Waals surface area (Å²) in [5.41, 5.74) is 18.1. The highest BCUT2D eigenvalue weighted by Gasteiger charge is 2.56. The van der Waals surface area contributed by atoms with Gasteiger partial charge in [0.1, 0.15) is 73.1 Å². The predicted molar refractivity (Wildman–Crippen MR) is 325 cm³/mol. The average Bonchev–Trinajstić information content (AvgIpc) is 1.62. The molecule has 4 aliphatic heterocycles. The topological polar surface area (TPSA) is 473 Å². The Kier molecular flexibility index (Phi) is 23.2. The SMILES string of the molecule is C=Nc1c(/C(N)=N\C)ncn1[C@@H]1O[C@@H]2CO[P@@](=O)(S)O[C@@H]3[C@@H](CO[P@@](=O)(S)O[C@H]2[C@H]1F)OC(n1cnc2c(N)ncnc21)[C@@H]3OC(=O)OCCN(C)C(=O)OCc1ccc(NC(=O)[C@H](CCCNC(N)=O)NC(=O)[C@@H](NC(=O)CCN2C(=O)C=CC2=O)C(C)C)cc1. The molecule has 3 fully saturated rings. The maximum Gasteiger partial charge on any atom is 0.508 e. The molecule has 3 saturated heterocycles. The fourth-order valence-electron chi connectivity index (χ4n) is 9.61. The van der Waals surface area contributed by atoms with E-state index in [1.807, 2.05) is 0 Å². The molecule has 7 heterocycles. The molecular formula is C51H66FN17O19P2S2. The normalized spacial score (nSPS) is 25.6. The number of ether oxygens (including phenoxy) is 5. The van der Waals surface area contributed by atoms with Gasteiger partial charge < -0.3 is 67.1 Å². The van der Waals surface area contributed by atoms with Crippen LogP contribution in [0.15, 0.2) is 65.4 Å². The van der Waals surface area contributed by atoms with E-state index >= 15 is 4.39 Å². The van der Waals surface area contributed by atoms with Gasteiger partial charge in [-0.15, -0.1) is 0 Å². The molecule has 4 aromatic rings. The van der Waals surface area contributed by atoms with Gasteiger partial charge in [-0.3, -0.25) is 61.1 Å². The second-order valence-corrected chi connectivity index (χ2v) is 26.7. The quantitative estimate of drug-likeness (QED) is 0.00976. The molecule has 0 radical (unpaired) electrons. The number of nitrogens with one attached hydrogen (secondary N) is 4. The zero-order chi connectivity index (χ0) is 66.8. The van der Waals surface area contributed by atoms with E-state index in [1.165, 1.54) is 37.1 Å². The van der Waals surface area contributed by atoms with Crippen LogP contribution < -0.4 is 38.5 Å². The van der Waals surface area contributed by atoms with Crippen LogP contribution in [0.2, 0.25) is 0 Å². The summed E-state index contributed by atoms with van der Waals surface area (Å²) in [5, 5.41) is 10.4. The molecule has 92 heavy (non-hydrogen) atoms. The number of hydrogen-bond donors (Lipinski definition) is 9. The Morgan fingerprint density at radius 3 is 2.20 bits per heavy atom. The van der Waals surface area contributed by atoms with E-state index in [0.29, 0.717) is 5.56 Å². The number of thiol groups is 2. The van der Waals surface area contributed by atoms with Gasteiger partial charge in [0.2, 0.25) is 17.7 Å². The minimum Gasteiger partial charge on any atom is -0.445 e. The summed E-state index contributed by atoms with van der Waals surface area (Å²) in [7, 11) is 2.74. The number of nitrogens with two attached hydrogens (primary N) is 3. The number of fused-ring (bicyclic) bond motifs is 3. The van der Waals surface area contributed by atoms with E-state index < -0.39 is 148 Å². The average molecular weight is 1370 g/mol. The molecule has 498 valence electrons. The lowest BCUT2D eigenvalue weighted by atomic mass is 10.0. The number of rotatable bonds is 23. The number of nitrogens with zero attached hydrogens (tertiary/aromatic N) is 10. The molecule has 10 N–H and O–H groups in total. The third-order valence-corrected chi connectivity index (χ3v) is 17.5. The second kappa shape index (κ2) is 30.5. The number of carbonyl (C=O) groups excluding carboxylic acids is 8. The largest absolute Gasteiger partial charge is 0.508 e. The van der Waals surface area contributed by atoms with E-state index in [0.717, 1.165) is 39.2 Å². The highest BCUT2D eigenvalue weighted by atomic mass is 32.7. The Labute approximate surface area is 532 Å². The summed E-state index contributed by atoms with van der Waals surface area (Å²) in [6, 6.07) is 2.99. The number of aliphatic imine (C=N–C) groups is 2. The molecule has 0 spiro atoms. The Hall–Kier alpha value is -8.13. The van der Waals surface area contributed by atoms with Crippen LogP contribution >= 0.6 is 38.1 Å². The maximum atomic E-state index is 16.5. The first-order chi connectivity index (χ1) is 43.7. The second-order valence-electron chi connectivity index (χ2n) is 21.0. The van der Waals surface area contributed by atoms with Crippen molar-refractivity contribution in [3.63, 3.8) is 0 Å². The number of imidazole rings is 2. The molecule has 0 saturated carbocycles. The summed E-state index contributed by atoms with van der Waals surface area (Å²) in [6.07, 6.45) is -10.1. The van der Waals surface area contributed by atoms with Gasteiger partial charge in [-0.2, -0.15) is 0 Å². The Morgan fingerprint density at radius 2 is 1.54 bits per heavy atom. The van der Waals surface area contributed by atoms with Gasteiger partial charge in [-0.1, -0.05) is 50.5 Å². The zero-order valence-corrected chi connectivity index (χ0v) is 53.0. The molecule has 4 aliphatic rings. The number of hydrogen-bond acceptors (Lipinski definition) is 26. The summed E-state index contributed by atoms with van der Waals surface area (Å²) >= 11 is 8.30. The third-order valence-electron chi connectivity index (χ3n) is 14.3. The maximum absolute atomic E-state index is 16.5. The molecule has 1 unspecified atom stereocenters. The fourth-order valence-corrected chi connectivity index (χ4v) is 12.6. The summed E-state index contributed by atoms with van der Waals surface area (Å²) in [5.74, 6) is -3.74. The molecule has 1 aromatic carbocycles. The van der Waals surface area contributed by atoms with E-state index in [9.17, 15) is 47.5 Å². The Balaban J connectivity index is 0.871. The number of amides is 8. The Morgan fingerprint density at radius 1 is 0.891 bits per heavy atom. The van der Waals surface area contributed by atoms with Crippen molar-refractivity contribution in [1.29, 1.82) is 0 Å². The van der Waals surface area contributed by atoms with Crippen molar-refractivity contribution < 1.29 is 93.7 Å². The van der Waals surface area contributed by atoms with Gasteiger partial charge >= 0.3 is 31.9 Å². The van der Waals surface area contributed by atoms with Crippen molar-refractivity contribution in [3.8, 4) is 0 Å².